The maximum Gasteiger partial charge on any atom is 0.433 e. The molecule has 0 unspecified atom stereocenters. The third-order valence-corrected chi connectivity index (χ3v) is 4.14. The van der Waals surface area contributed by atoms with Crippen LogP contribution in [0.2, 0.25) is 0 Å². The van der Waals surface area contributed by atoms with E-state index in [-0.39, 0.29) is 18.2 Å². The number of nitrogens with zero attached hydrogens (tertiary/aromatic N) is 4. The predicted octanol–water partition coefficient (Wildman–Crippen LogP) is 4.12. The van der Waals surface area contributed by atoms with Crippen LogP contribution in [0.1, 0.15) is 22.5 Å². The highest BCUT2D eigenvalue weighted by Gasteiger charge is 2.33. The molecule has 0 spiro atoms. The van der Waals surface area contributed by atoms with Gasteiger partial charge in [-0.15, -0.1) is 0 Å². The highest BCUT2D eigenvalue weighted by Crippen LogP contribution is 2.31. The van der Waals surface area contributed by atoms with Gasteiger partial charge >= 0.3 is 6.18 Å². The van der Waals surface area contributed by atoms with Gasteiger partial charge in [0.25, 0.3) is 0 Å². The number of hydrogen-bond acceptors (Lipinski definition) is 4. The van der Waals surface area contributed by atoms with E-state index in [4.69, 9.17) is 0 Å². The zero-order valence-corrected chi connectivity index (χ0v) is 14.6. The van der Waals surface area contributed by atoms with Gasteiger partial charge in [-0.1, -0.05) is 29.8 Å². The van der Waals surface area contributed by atoms with E-state index in [1.807, 2.05) is 26.0 Å². The zero-order valence-electron chi connectivity index (χ0n) is 14.6. The first-order chi connectivity index (χ1) is 12.2. The molecule has 0 aliphatic rings. The molecule has 0 saturated carbocycles. The molecular weight excluding hydrogens is 343 g/mol. The van der Waals surface area contributed by atoms with Crippen molar-refractivity contribution >= 4 is 5.95 Å². The molecule has 0 fully saturated rings. The first-order valence-electron chi connectivity index (χ1n) is 7.98. The first kappa shape index (κ1) is 17.9. The number of benzene rings is 1. The maximum atomic E-state index is 13.2. The van der Waals surface area contributed by atoms with Gasteiger partial charge in [0, 0.05) is 30.4 Å². The summed E-state index contributed by atoms with van der Waals surface area (Å²) in [5.74, 6) is -0.0707. The van der Waals surface area contributed by atoms with Crippen LogP contribution in [0.15, 0.2) is 36.5 Å². The van der Waals surface area contributed by atoms with Crippen molar-refractivity contribution in [3.8, 4) is 11.3 Å². The summed E-state index contributed by atoms with van der Waals surface area (Å²) >= 11 is 0. The SMILES string of the molecule is Cc1ccc(-c2cc(C(F)(F)F)nc(NCc3cnn(C)c3C)n2)cc1. The van der Waals surface area contributed by atoms with Crippen molar-refractivity contribution in [3.63, 3.8) is 0 Å². The molecule has 0 radical (unpaired) electrons. The summed E-state index contributed by atoms with van der Waals surface area (Å²) in [5, 5.41) is 6.99. The quantitative estimate of drug-likeness (QED) is 0.759. The highest BCUT2D eigenvalue weighted by molar-refractivity contribution is 5.61. The predicted molar refractivity (Wildman–Crippen MR) is 92.5 cm³/mol. The van der Waals surface area contributed by atoms with E-state index in [0.717, 1.165) is 22.9 Å². The van der Waals surface area contributed by atoms with E-state index < -0.39 is 11.9 Å². The minimum absolute atomic E-state index is 0.0707. The number of anilines is 1. The average Bonchev–Trinajstić information content (AvgIpc) is 2.91. The lowest BCUT2D eigenvalue weighted by molar-refractivity contribution is -0.141. The first-order valence-corrected chi connectivity index (χ1v) is 7.98. The summed E-state index contributed by atoms with van der Waals surface area (Å²) in [6.07, 6.45) is -2.89. The molecule has 8 heteroatoms. The van der Waals surface area contributed by atoms with Crippen LogP contribution >= 0.6 is 0 Å². The van der Waals surface area contributed by atoms with E-state index in [2.05, 4.69) is 20.4 Å². The van der Waals surface area contributed by atoms with Crippen LogP contribution in [0.3, 0.4) is 0 Å². The summed E-state index contributed by atoms with van der Waals surface area (Å²) in [6, 6.07) is 8.11. The number of hydrogen-bond donors (Lipinski definition) is 1. The van der Waals surface area contributed by atoms with Crippen molar-refractivity contribution < 1.29 is 13.2 Å². The fourth-order valence-corrected chi connectivity index (χ4v) is 2.44. The molecule has 0 aliphatic carbocycles. The van der Waals surface area contributed by atoms with Crippen LogP contribution in [0.5, 0.6) is 0 Å². The lowest BCUT2D eigenvalue weighted by atomic mass is 10.1. The van der Waals surface area contributed by atoms with E-state index in [1.54, 1.807) is 30.1 Å². The number of rotatable bonds is 4. The molecule has 136 valence electrons. The van der Waals surface area contributed by atoms with Crippen molar-refractivity contribution in [2.75, 3.05) is 5.32 Å². The third kappa shape index (κ3) is 3.84. The van der Waals surface area contributed by atoms with Crippen LogP contribution in [0.25, 0.3) is 11.3 Å². The Balaban J connectivity index is 1.94. The lowest BCUT2D eigenvalue weighted by Crippen LogP contribution is -2.13. The second kappa shape index (κ2) is 6.78. The van der Waals surface area contributed by atoms with E-state index in [1.165, 1.54) is 0 Å². The van der Waals surface area contributed by atoms with E-state index in [0.29, 0.717) is 5.56 Å². The normalized spacial score (nSPS) is 11.6. The Morgan fingerprint density at radius 1 is 1.08 bits per heavy atom. The molecule has 5 nitrogen and oxygen atoms in total. The Hall–Kier alpha value is -2.90. The molecule has 0 saturated heterocycles. The summed E-state index contributed by atoms with van der Waals surface area (Å²) in [7, 11) is 1.80. The molecule has 2 aromatic heterocycles. The summed E-state index contributed by atoms with van der Waals surface area (Å²) in [6.45, 7) is 4.08. The Bertz CT molecular complexity index is 914. The number of alkyl halides is 3. The Kier molecular flexibility index (Phi) is 4.67. The summed E-state index contributed by atoms with van der Waals surface area (Å²) in [4.78, 5) is 7.87. The molecule has 1 aromatic carbocycles. The summed E-state index contributed by atoms with van der Waals surface area (Å²) in [5.41, 5.74) is 2.65. The molecule has 26 heavy (non-hydrogen) atoms. The van der Waals surface area contributed by atoms with E-state index >= 15 is 0 Å². The second-order valence-corrected chi connectivity index (χ2v) is 6.06. The van der Waals surface area contributed by atoms with Gasteiger partial charge in [-0.05, 0) is 19.9 Å². The van der Waals surface area contributed by atoms with Gasteiger partial charge in [-0.2, -0.15) is 18.3 Å². The molecule has 0 amide bonds. The van der Waals surface area contributed by atoms with Gasteiger partial charge in [-0.25, -0.2) is 9.97 Å². The molecule has 0 atom stereocenters. The topological polar surface area (TPSA) is 55.6 Å². The van der Waals surface area contributed by atoms with Gasteiger partial charge in [-0.3, -0.25) is 4.68 Å². The van der Waals surface area contributed by atoms with Crippen molar-refractivity contribution in [1.29, 1.82) is 0 Å². The molecule has 1 N–H and O–H groups in total. The zero-order chi connectivity index (χ0) is 18.9. The second-order valence-electron chi connectivity index (χ2n) is 6.06. The van der Waals surface area contributed by atoms with Crippen molar-refractivity contribution in [3.05, 3.63) is 59.0 Å². The molecule has 3 rings (SSSR count). The van der Waals surface area contributed by atoms with Crippen molar-refractivity contribution in [2.45, 2.75) is 26.6 Å². The molecular formula is C18H18F3N5. The largest absolute Gasteiger partial charge is 0.433 e. The van der Waals surface area contributed by atoms with Crippen LogP contribution in [0, 0.1) is 13.8 Å². The van der Waals surface area contributed by atoms with Crippen molar-refractivity contribution in [1.82, 2.24) is 19.7 Å². The number of nitrogens with one attached hydrogen (secondary N) is 1. The Morgan fingerprint density at radius 2 is 1.77 bits per heavy atom. The van der Waals surface area contributed by atoms with Gasteiger partial charge < -0.3 is 5.32 Å². The fourth-order valence-electron chi connectivity index (χ4n) is 2.44. The number of halogens is 3. The fraction of sp³-hybridized carbons (Fsp3) is 0.278. The minimum atomic E-state index is -4.55. The lowest BCUT2D eigenvalue weighted by Gasteiger charge is -2.12. The number of aromatic nitrogens is 4. The minimum Gasteiger partial charge on any atom is -0.350 e. The van der Waals surface area contributed by atoms with Crippen LogP contribution in [-0.2, 0) is 19.8 Å². The molecule has 0 aliphatic heterocycles. The maximum absolute atomic E-state index is 13.2. The Morgan fingerprint density at radius 3 is 2.35 bits per heavy atom. The monoisotopic (exact) mass is 361 g/mol. The Labute approximate surface area is 148 Å². The van der Waals surface area contributed by atoms with Crippen LogP contribution in [0.4, 0.5) is 19.1 Å². The highest BCUT2D eigenvalue weighted by atomic mass is 19.4. The van der Waals surface area contributed by atoms with Gasteiger partial charge in [0.15, 0.2) is 5.69 Å². The van der Waals surface area contributed by atoms with E-state index in [9.17, 15) is 13.2 Å². The number of aryl methyl sites for hydroxylation is 2. The van der Waals surface area contributed by atoms with Gasteiger partial charge in [0.1, 0.15) is 0 Å². The summed E-state index contributed by atoms with van der Waals surface area (Å²) < 4.78 is 41.4. The van der Waals surface area contributed by atoms with Crippen LogP contribution < -0.4 is 5.32 Å². The molecule has 2 heterocycles. The average molecular weight is 361 g/mol. The van der Waals surface area contributed by atoms with Gasteiger partial charge in [0.05, 0.1) is 11.9 Å². The molecule has 0 bridgehead atoms. The smallest absolute Gasteiger partial charge is 0.350 e. The van der Waals surface area contributed by atoms with Crippen LogP contribution in [-0.4, -0.2) is 19.7 Å². The molecule has 3 aromatic rings. The van der Waals surface area contributed by atoms with Gasteiger partial charge in [0.2, 0.25) is 5.95 Å². The van der Waals surface area contributed by atoms with Crippen molar-refractivity contribution in [2.24, 2.45) is 7.05 Å². The standard InChI is InChI=1S/C18H18F3N5/c1-11-4-6-13(7-5-11)15-8-16(18(19,20)21)25-17(24-15)22-9-14-10-23-26(3)12(14)2/h4-8,10H,9H2,1-3H3,(H,22,24,25). The third-order valence-electron chi connectivity index (χ3n) is 4.14.